The fraction of sp³-hybridized carbons (Fsp3) is 0.611. The van der Waals surface area contributed by atoms with E-state index in [0.29, 0.717) is 11.8 Å². The van der Waals surface area contributed by atoms with Gasteiger partial charge in [-0.25, -0.2) is 0 Å². The van der Waals surface area contributed by atoms with Gasteiger partial charge in [-0.15, -0.1) is 0 Å². The molecule has 3 unspecified atom stereocenters. The van der Waals surface area contributed by atoms with Gasteiger partial charge in [0.05, 0.1) is 12.3 Å². The van der Waals surface area contributed by atoms with Crippen LogP contribution >= 0.6 is 0 Å². The molecule has 0 fully saturated rings. The summed E-state index contributed by atoms with van der Waals surface area (Å²) >= 11 is 0. The van der Waals surface area contributed by atoms with Crippen LogP contribution in [-0.4, -0.2) is 11.1 Å². The third-order valence-corrected chi connectivity index (χ3v) is 4.17. The normalized spacial score (nSPS) is 14.9. The van der Waals surface area contributed by atoms with Crippen molar-refractivity contribution in [1.82, 2.24) is 4.98 Å². The van der Waals surface area contributed by atoms with E-state index in [2.05, 4.69) is 45.7 Å². The first kappa shape index (κ1) is 20.6. The zero-order chi connectivity index (χ0) is 15.0. The number of hydrogen-bond acceptors (Lipinski definition) is 2. The Bertz CT molecular complexity index is 383. The van der Waals surface area contributed by atoms with Gasteiger partial charge in [-0.1, -0.05) is 33.1 Å². The SMILES string of the molecule is [CH2-]CCCC(C[CH2-])c1ccncc1OC(C)C(C)CC.[W+2]. The van der Waals surface area contributed by atoms with Gasteiger partial charge >= 0.3 is 21.1 Å². The molecule has 0 bridgehead atoms. The summed E-state index contributed by atoms with van der Waals surface area (Å²) in [5, 5.41) is 0. The summed E-state index contributed by atoms with van der Waals surface area (Å²) in [6.45, 7) is 14.6. The zero-order valence-corrected chi connectivity index (χ0v) is 16.6. The number of hydrogen-bond donors (Lipinski definition) is 0. The second-order valence-corrected chi connectivity index (χ2v) is 5.60. The molecule has 0 spiro atoms. The predicted octanol–water partition coefficient (Wildman–Crippen LogP) is 5.20. The molecule has 21 heavy (non-hydrogen) atoms. The van der Waals surface area contributed by atoms with Crippen molar-refractivity contribution in [1.29, 1.82) is 0 Å². The number of unbranched alkanes of at least 4 members (excludes halogenated alkanes) is 1. The van der Waals surface area contributed by atoms with Gasteiger partial charge in [0.1, 0.15) is 5.75 Å². The molecule has 0 amide bonds. The standard InChI is InChI=1S/C18H29NO.W/c1-6-9-10-16(8-3)17-11-12-19-13-18(17)20-15(5)14(4)7-2;/h11-16H,1,3,6-10H2,2,4-5H3;/q-2;+2. The van der Waals surface area contributed by atoms with Crippen LogP contribution < -0.4 is 4.74 Å². The topological polar surface area (TPSA) is 22.1 Å². The Morgan fingerprint density at radius 3 is 2.57 bits per heavy atom. The second kappa shape index (κ2) is 11.2. The van der Waals surface area contributed by atoms with Crippen LogP contribution in [0, 0.1) is 19.8 Å². The molecule has 2 nitrogen and oxygen atoms in total. The molecule has 1 heterocycles. The zero-order valence-electron chi connectivity index (χ0n) is 13.7. The molecule has 0 radical (unpaired) electrons. The summed E-state index contributed by atoms with van der Waals surface area (Å²) in [4.78, 5) is 4.22. The minimum absolute atomic E-state index is 0. The van der Waals surface area contributed by atoms with E-state index in [0.717, 1.165) is 37.9 Å². The minimum Gasteiger partial charge on any atom is -0.489 e. The van der Waals surface area contributed by atoms with E-state index in [1.807, 2.05) is 12.4 Å². The Kier molecular flexibility index (Phi) is 11.0. The van der Waals surface area contributed by atoms with Crippen LogP contribution in [0.1, 0.15) is 64.4 Å². The molecule has 0 aliphatic heterocycles. The number of aromatic nitrogens is 1. The average molecular weight is 459 g/mol. The van der Waals surface area contributed by atoms with Crippen molar-refractivity contribution in [2.75, 3.05) is 0 Å². The molecule has 0 aromatic carbocycles. The number of rotatable bonds is 9. The van der Waals surface area contributed by atoms with E-state index in [1.165, 1.54) is 5.56 Å². The molecular formula is C18H29NOW. The van der Waals surface area contributed by atoms with Gasteiger partial charge in [0.25, 0.3) is 0 Å². The molecule has 3 heteroatoms. The van der Waals surface area contributed by atoms with Crippen LogP contribution in [0.4, 0.5) is 0 Å². The molecule has 0 saturated carbocycles. The fourth-order valence-corrected chi connectivity index (χ4v) is 2.32. The van der Waals surface area contributed by atoms with Crippen LogP contribution in [-0.2, 0) is 21.1 Å². The second-order valence-electron chi connectivity index (χ2n) is 5.60. The summed E-state index contributed by atoms with van der Waals surface area (Å²) in [5.74, 6) is 1.91. The van der Waals surface area contributed by atoms with Crippen molar-refractivity contribution in [3.63, 3.8) is 0 Å². The van der Waals surface area contributed by atoms with E-state index in [9.17, 15) is 0 Å². The third kappa shape index (κ3) is 6.51. The quantitative estimate of drug-likeness (QED) is 0.474. The first-order chi connectivity index (χ1) is 9.63. The third-order valence-electron chi connectivity index (χ3n) is 4.17. The molecule has 1 rings (SSSR count). The van der Waals surface area contributed by atoms with Gasteiger partial charge in [-0.3, -0.25) is 4.98 Å². The molecule has 0 saturated heterocycles. The first-order valence-corrected chi connectivity index (χ1v) is 7.83. The predicted molar refractivity (Wildman–Crippen MR) is 85.7 cm³/mol. The molecular weight excluding hydrogens is 430 g/mol. The molecule has 0 N–H and O–H groups in total. The Morgan fingerprint density at radius 1 is 1.29 bits per heavy atom. The summed E-state index contributed by atoms with van der Waals surface area (Å²) in [7, 11) is 0. The molecule has 3 atom stereocenters. The molecule has 0 aliphatic carbocycles. The Labute approximate surface area is 145 Å². The van der Waals surface area contributed by atoms with E-state index in [4.69, 9.17) is 4.74 Å². The van der Waals surface area contributed by atoms with Crippen molar-refractivity contribution < 1.29 is 25.8 Å². The van der Waals surface area contributed by atoms with E-state index in [-0.39, 0.29) is 27.2 Å². The van der Waals surface area contributed by atoms with Gasteiger partial charge in [-0.05, 0) is 30.4 Å². The first-order valence-electron chi connectivity index (χ1n) is 7.83. The largest absolute Gasteiger partial charge is 2.00 e. The molecule has 1 aromatic rings. The van der Waals surface area contributed by atoms with Crippen molar-refractivity contribution in [2.45, 2.75) is 64.9 Å². The van der Waals surface area contributed by atoms with Gasteiger partial charge in [0.2, 0.25) is 0 Å². The molecule has 118 valence electrons. The van der Waals surface area contributed by atoms with Gasteiger partial charge in [-0.2, -0.15) is 12.8 Å². The summed E-state index contributed by atoms with van der Waals surface area (Å²) in [6, 6.07) is 2.08. The Balaban J connectivity index is 0.00000400. The van der Waals surface area contributed by atoms with Crippen molar-refractivity contribution in [2.24, 2.45) is 5.92 Å². The molecule has 0 aliphatic rings. The summed E-state index contributed by atoms with van der Waals surface area (Å²) in [6.07, 6.45) is 9.13. The van der Waals surface area contributed by atoms with Gasteiger partial charge in [0.15, 0.2) is 0 Å². The van der Waals surface area contributed by atoms with Crippen LogP contribution in [0.15, 0.2) is 18.5 Å². The maximum Gasteiger partial charge on any atom is 2.00 e. The summed E-state index contributed by atoms with van der Waals surface area (Å²) < 4.78 is 6.16. The van der Waals surface area contributed by atoms with E-state index in [1.54, 1.807) is 0 Å². The number of nitrogens with zero attached hydrogens (tertiary/aromatic N) is 1. The summed E-state index contributed by atoms with van der Waals surface area (Å²) in [5.41, 5.74) is 1.25. The van der Waals surface area contributed by atoms with Crippen molar-refractivity contribution >= 4 is 0 Å². The Morgan fingerprint density at radius 2 is 2.00 bits per heavy atom. The molecule has 1 aromatic heterocycles. The smallest absolute Gasteiger partial charge is 0.489 e. The van der Waals surface area contributed by atoms with Crippen molar-refractivity contribution in [3.8, 4) is 5.75 Å². The van der Waals surface area contributed by atoms with Gasteiger partial charge in [0, 0.05) is 6.20 Å². The number of pyridine rings is 1. The van der Waals surface area contributed by atoms with Crippen molar-refractivity contribution in [3.05, 3.63) is 37.9 Å². The average Bonchev–Trinajstić information content (AvgIpc) is 2.48. The maximum atomic E-state index is 6.16. The van der Waals surface area contributed by atoms with Crippen LogP contribution in [0.2, 0.25) is 0 Å². The van der Waals surface area contributed by atoms with Crippen LogP contribution in [0.25, 0.3) is 0 Å². The van der Waals surface area contributed by atoms with Gasteiger partial charge < -0.3 is 18.6 Å². The van der Waals surface area contributed by atoms with E-state index < -0.39 is 0 Å². The fourth-order valence-electron chi connectivity index (χ4n) is 2.32. The van der Waals surface area contributed by atoms with Crippen LogP contribution in [0.5, 0.6) is 5.75 Å². The maximum absolute atomic E-state index is 6.16. The van der Waals surface area contributed by atoms with Crippen LogP contribution in [0.3, 0.4) is 0 Å². The number of ether oxygens (including phenoxy) is 1. The monoisotopic (exact) mass is 459 g/mol. The minimum atomic E-state index is 0. The van der Waals surface area contributed by atoms with E-state index >= 15 is 0 Å². The Hall–Kier alpha value is -0.362.